The van der Waals surface area contributed by atoms with Crippen LogP contribution in [0, 0.1) is 6.92 Å². The maximum absolute atomic E-state index is 12.2. The zero-order chi connectivity index (χ0) is 14.5. The zero-order valence-electron chi connectivity index (χ0n) is 12.6. The molecule has 0 atom stereocenters. The molecule has 1 saturated heterocycles. The summed E-state index contributed by atoms with van der Waals surface area (Å²) in [5, 5.41) is 3.26. The van der Waals surface area contributed by atoms with Gasteiger partial charge in [-0.2, -0.15) is 0 Å². The van der Waals surface area contributed by atoms with Crippen molar-refractivity contribution in [2.75, 3.05) is 39.8 Å². The number of hydrogen-bond donors (Lipinski definition) is 1. The number of rotatable bonds is 4. The summed E-state index contributed by atoms with van der Waals surface area (Å²) in [7, 11) is 1.99. The first-order valence-corrected chi connectivity index (χ1v) is 7.77. The molecule has 2 rings (SSSR count). The van der Waals surface area contributed by atoms with E-state index in [2.05, 4.69) is 51.3 Å². The SMILES string of the molecule is Cc1ccc(CN(C)CC(=O)N2CCNCC2)c(Br)c1.Cl. The van der Waals surface area contributed by atoms with Gasteiger partial charge in [0.15, 0.2) is 0 Å². The summed E-state index contributed by atoms with van der Waals surface area (Å²) in [5.74, 6) is 0.220. The van der Waals surface area contributed by atoms with E-state index < -0.39 is 0 Å². The number of nitrogens with one attached hydrogen (secondary N) is 1. The number of benzene rings is 1. The van der Waals surface area contributed by atoms with Crippen molar-refractivity contribution in [2.45, 2.75) is 13.5 Å². The number of amides is 1. The van der Waals surface area contributed by atoms with E-state index in [0.29, 0.717) is 6.54 Å². The number of nitrogens with zero attached hydrogens (tertiary/aromatic N) is 2. The van der Waals surface area contributed by atoms with Crippen molar-refractivity contribution in [2.24, 2.45) is 0 Å². The van der Waals surface area contributed by atoms with Crippen LogP contribution in [0.4, 0.5) is 0 Å². The Labute approximate surface area is 141 Å². The van der Waals surface area contributed by atoms with Gasteiger partial charge in [-0.3, -0.25) is 9.69 Å². The average Bonchev–Trinajstić information content (AvgIpc) is 2.43. The Hall–Kier alpha value is -0.620. The Bertz CT molecular complexity index is 478. The van der Waals surface area contributed by atoms with Gasteiger partial charge in [0.05, 0.1) is 6.54 Å². The van der Waals surface area contributed by atoms with Gasteiger partial charge in [0, 0.05) is 37.2 Å². The molecular formula is C15H23BrClN3O. The van der Waals surface area contributed by atoms with E-state index in [1.54, 1.807) is 0 Å². The number of aryl methyl sites for hydroxylation is 1. The van der Waals surface area contributed by atoms with Crippen LogP contribution in [0.25, 0.3) is 0 Å². The van der Waals surface area contributed by atoms with Gasteiger partial charge in [-0.05, 0) is 31.2 Å². The molecule has 0 aromatic heterocycles. The molecule has 1 N–H and O–H groups in total. The fourth-order valence-corrected chi connectivity index (χ4v) is 2.99. The highest BCUT2D eigenvalue weighted by atomic mass is 79.9. The van der Waals surface area contributed by atoms with E-state index in [4.69, 9.17) is 0 Å². The van der Waals surface area contributed by atoms with Crippen LogP contribution < -0.4 is 5.32 Å². The lowest BCUT2D eigenvalue weighted by atomic mass is 10.1. The molecule has 6 heteroatoms. The van der Waals surface area contributed by atoms with Gasteiger partial charge in [0.1, 0.15) is 0 Å². The van der Waals surface area contributed by atoms with Crippen molar-refractivity contribution >= 4 is 34.2 Å². The molecule has 1 aliphatic rings. The van der Waals surface area contributed by atoms with E-state index in [1.165, 1.54) is 11.1 Å². The van der Waals surface area contributed by atoms with Gasteiger partial charge in [-0.25, -0.2) is 0 Å². The molecule has 1 aromatic carbocycles. The van der Waals surface area contributed by atoms with E-state index in [-0.39, 0.29) is 18.3 Å². The van der Waals surface area contributed by atoms with Crippen molar-refractivity contribution < 1.29 is 4.79 Å². The quantitative estimate of drug-likeness (QED) is 0.873. The van der Waals surface area contributed by atoms with Crippen LogP contribution in [0.5, 0.6) is 0 Å². The summed E-state index contributed by atoms with van der Waals surface area (Å²) in [6.45, 7) is 6.77. The normalized spacial score (nSPS) is 15.0. The van der Waals surface area contributed by atoms with E-state index >= 15 is 0 Å². The smallest absolute Gasteiger partial charge is 0.236 e. The third kappa shape index (κ3) is 5.58. The fraction of sp³-hybridized carbons (Fsp3) is 0.533. The predicted molar refractivity (Wildman–Crippen MR) is 91.9 cm³/mol. The van der Waals surface area contributed by atoms with Crippen molar-refractivity contribution in [3.05, 3.63) is 33.8 Å². The van der Waals surface area contributed by atoms with Crippen LogP contribution in [0.3, 0.4) is 0 Å². The fourth-order valence-electron chi connectivity index (χ4n) is 2.37. The molecule has 0 spiro atoms. The third-order valence-corrected chi connectivity index (χ3v) is 4.26. The number of halogens is 2. The molecule has 21 heavy (non-hydrogen) atoms. The zero-order valence-corrected chi connectivity index (χ0v) is 15.0. The maximum Gasteiger partial charge on any atom is 0.236 e. The maximum atomic E-state index is 12.2. The molecule has 0 bridgehead atoms. The lowest BCUT2D eigenvalue weighted by Crippen LogP contribution is -2.49. The number of likely N-dealkylation sites (N-methyl/N-ethyl adjacent to an activating group) is 1. The molecule has 1 aromatic rings. The first kappa shape index (κ1) is 18.4. The highest BCUT2D eigenvalue weighted by molar-refractivity contribution is 9.10. The number of hydrogen-bond acceptors (Lipinski definition) is 3. The van der Waals surface area contributed by atoms with Gasteiger partial charge >= 0.3 is 0 Å². The summed E-state index contributed by atoms with van der Waals surface area (Å²) in [6, 6.07) is 6.33. The van der Waals surface area contributed by atoms with Crippen LogP contribution in [-0.2, 0) is 11.3 Å². The minimum absolute atomic E-state index is 0. The minimum Gasteiger partial charge on any atom is -0.339 e. The third-order valence-electron chi connectivity index (χ3n) is 3.52. The standard InChI is InChI=1S/C15H22BrN3O.ClH/c1-12-3-4-13(14(16)9-12)10-18(2)11-15(20)19-7-5-17-6-8-19;/h3-4,9,17H,5-8,10-11H2,1-2H3;1H. The largest absolute Gasteiger partial charge is 0.339 e. The van der Waals surface area contributed by atoms with Crippen LogP contribution in [0.1, 0.15) is 11.1 Å². The van der Waals surface area contributed by atoms with E-state index in [9.17, 15) is 4.79 Å². The molecule has 1 heterocycles. The van der Waals surface area contributed by atoms with Gasteiger partial charge in [0.25, 0.3) is 0 Å². The van der Waals surface area contributed by atoms with E-state index in [0.717, 1.165) is 37.2 Å². The molecular weight excluding hydrogens is 354 g/mol. The predicted octanol–water partition coefficient (Wildman–Crippen LogP) is 2.04. The molecule has 1 aliphatic heterocycles. The lowest BCUT2D eigenvalue weighted by Gasteiger charge is -2.29. The molecule has 0 unspecified atom stereocenters. The Kier molecular flexibility index (Phi) is 7.66. The van der Waals surface area contributed by atoms with Gasteiger partial charge < -0.3 is 10.2 Å². The van der Waals surface area contributed by atoms with Crippen molar-refractivity contribution in [1.29, 1.82) is 0 Å². The molecule has 0 radical (unpaired) electrons. The minimum atomic E-state index is 0. The van der Waals surface area contributed by atoms with Crippen LogP contribution in [-0.4, -0.2) is 55.5 Å². The molecule has 4 nitrogen and oxygen atoms in total. The topological polar surface area (TPSA) is 35.6 Å². The second-order valence-corrected chi connectivity index (χ2v) is 6.25. The van der Waals surface area contributed by atoms with Gasteiger partial charge in [-0.15, -0.1) is 12.4 Å². The van der Waals surface area contributed by atoms with Crippen LogP contribution in [0.2, 0.25) is 0 Å². The summed E-state index contributed by atoms with van der Waals surface area (Å²) in [4.78, 5) is 16.2. The van der Waals surface area contributed by atoms with Crippen molar-refractivity contribution in [3.63, 3.8) is 0 Å². The van der Waals surface area contributed by atoms with Crippen molar-refractivity contribution in [1.82, 2.24) is 15.1 Å². The summed E-state index contributed by atoms with van der Waals surface area (Å²) < 4.78 is 1.11. The highest BCUT2D eigenvalue weighted by Crippen LogP contribution is 2.19. The Balaban J connectivity index is 0.00000220. The summed E-state index contributed by atoms with van der Waals surface area (Å²) in [5.41, 5.74) is 2.45. The van der Waals surface area contributed by atoms with Crippen LogP contribution in [0.15, 0.2) is 22.7 Å². The second-order valence-electron chi connectivity index (χ2n) is 5.40. The number of piperazine rings is 1. The number of carbonyl (C=O) groups excluding carboxylic acids is 1. The first-order chi connectivity index (χ1) is 9.56. The first-order valence-electron chi connectivity index (χ1n) is 6.98. The van der Waals surface area contributed by atoms with Crippen molar-refractivity contribution in [3.8, 4) is 0 Å². The van der Waals surface area contributed by atoms with E-state index in [1.807, 2.05) is 11.9 Å². The monoisotopic (exact) mass is 375 g/mol. The Morgan fingerprint density at radius 1 is 1.38 bits per heavy atom. The Morgan fingerprint density at radius 3 is 2.67 bits per heavy atom. The molecule has 1 fully saturated rings. The summed E-state index contributed by atoms with van der Waals surface area (Å²) in [6.07, 6.45) is 0. The molecule has 1 amide bonds. The van der Waals surface area contributed by atoms with Gasteiger partial charge in [0.2, 0.25) is 5.91 Å². The second kappa shape index (κ2) is 8.73. The number of carbonyl (C=O) groups is 1. The van der Waals surface area contributed by atoms with Crippen LogP contribution >= 0.6 is 28.3 Å². The average molecular weight is 377 g/mol. The van der Waals surface area contributed by atoms with Gasteiger partial charge in [-0.1, -0.05) is 28.1 Å². The molecule has 0 saturated carbocycles. The summed E-state index contributed by atoms with van der Waals surface area (Å²) >= 11 is 3.59. The molecule has 118 valence electrons. The molecule has 0 aliphatic carbocycles. The lowest BCUT2D eigenvalue weighted by molar-refractivity contribution is -0.132. The Morgan fingerprint density at radius 2 is 2.05 bits per heavy atom. The highest BCUT2D eigenvalue weighted by Gasteiger charge is 2.17.